The van der Waals surface area contributed by atoms with Crippen molar-refractivity contribution in [2.45, 2.75) is 25.4 Å². The number of hydrogen-bond acceptors (Lipinski definition) is 4. The van der Waals surface area contributed by atoms with Crippen LogP contribution in [0, 0.1) is 0 Å². The number of nitrogens with one attached hydrogen (secondary N) is 1. The third kappa shape index (κ3) is 4.88. The highest BCUT2D eigenvalue weighted by molar-refractivity contribution is 5.75. The van der Waals surface area contributed by atoms with E-state index in [4.69, 9.17) is 4.74 Å². The van der Waals surface area contributed by atoms with Crippen LogP contribution in [0.5, 0.6) is 0 Å². The summed E-state index contributed by atoms with van der Waals surface area (Å²) < 4.78 is 4.78. The highest BCUT2D eigenvalue weighted by atomic mass is 16.5. The molecule has 2 heterocycles. The third-order valence-electron chi connectivity index (χ3n) is 5.09. The molecule has 0 saturated carbocycles. The van der Waals surface area contributed by atoms with Gasteiger partial charge in [0.25, 0.3) is 0 Å². The van der Waals surface area contributed by atoms with Crippen LogP contribution in [0.25, 0.3) is 0 Å². The van der Waals surface area contributed by atoms with Gasteiger partial charge in [0.1, 0.15) is 0 Å². The van der Waals surface area contributed by atoms with Gasteiger partial charge in [-0.1, -0.05) is 30.3 Å². The van der Waals surface area contributed by atoms with Crippen LogP contribution in [0.3, 0.4) is 0 Å². The molecule has 7 nitrogen and oxygen atoms in total. The second-order valence-electron chi connectivity index (χ2n) is 6.95. The normalized spacial score (nSPS) is 21.3. The Hall–Kier alpha value is -2.28. The Labute approximate surface area is 154 Å². The lowest BCUT2D eigenvalue weighted by atomic mass is 10.1. The fourth-order valence-corrected chi connectivity index (χ4v) is 3.61. The topological polar surface area (TPSA) is 65.1 Å². The van der Waals surface area contributed by atoms with Gasteiger partial charge in [0.15, 0.2) is 0 Å². The Balaban J connectivity index is 1.43. The van der Waals surface area contributed by atoms with Gasteiger partial charge in [-0.3, -0.25) is 4.90 Å². The zero-order valence-corrected chi connectivity index (χ0v) is 15.4. The van der Waals surface area contributed by atoms with Crippen LogP contribution >= 0.6 is 0 Å². The number of piperidine rings is 1. The summed E-state index contributed by atoms with van der Waals surface area (Å²) >= 11 is 0. The molecule has 2 aliphatic rings. The first-order chi connectivity index (χ1) is 12.7. The molecule has 2 saturated heterocycles. The van der Waals surface area contributed by atoms with Crippen molar-refractivity contribution in [3.8, 4) is 0 Å². The zero-order chi connectivity index (χ0) is 18.4. The molecular weight excluding hydrogens is 332 g/mol. The van der Waals surface area contributed by atoms with E-state index in [-0.39, 0.29) is 18.2 Å². The van der Waals surface area contributed by atoms with Gasteiger partial charge in [0.05, 0.1) is 7.11 Å². The van der Waals surface area contributed by atoms with E-state index in [1.807, 2.05) is 11.0 Å². The van der Waals surface area contributed by atoms with Crippen LogP contribution in [0.1, 0.15) is 18.4 Å². The second kappa shape index (κ2) is 8.89. The van der Waals surface area contributed by atoms with E-state index in [9.17, 15) is 9.59 Å². The van der Waals surface area contributed by atoms with Crippen molar-refractivity contribution in [3.05, 3.63) is 35.9 Å². The predicted octanol–water partition coefficient (Wildman–Crippen LogP) is 1.74. The maximum absolute atomic E-state index is 12.5. The molecule has 3 rings (SSSR count). The molecule has 142 valence electrons. The average Bonchev–Trinajstić information content (AvgIpc) is 2.69. The van der Waals surface area contributed by atoms with E-state index < -0.39 is 0 Å². The van der Waals surface area contributed by atoms with Crippen LogP contribution in [0.2, 0.25) is 0 Å². The number of likely N-dealkylation sites (tertiary alicyclic amines) is 1. The van der Waals surface area contributed by atoms with E-state index >= 15 is 0 Å². The summed E-state index contributed by atoms with van der Waals surface area (Å²) in [6, 6.07) is 10.4. The molecular formula is C19H28N4O3. The van der Waals surface area contributed by atoms with Gasteiger partial charge in [0.2, 0.25) is 0 Å². The number of urea groups is 1. The largest absolute Gasteiger partial charge is 0.453 e. The number of rotatable bonds is 3. The van der Waals surface area contributed by atoms with Crippen molar-refractivity contribution in [3.63, 3.8) is 0 Å². The van der Waals surface area contributed by atoms with Gasteiger partial charge < -0.3 is 19.9 Å². The Kier molecular flexibility index (Phi) is 6.33. The lowest BCUT2D eigenvalue weighted by molar-refractivity contribution is 0.103. The standard InChI is InChI=1S/C19H28N4O3/c1-26-19(25)23-9-5-8-17(15-23)20-18(24)22-12-10-21(11-13-22)14-16-6-3-2-4-7-16/h2-4,6-7,17H,5,8-15H2,1H3,(H,20,24). The molecule has 1 aromatic carbocycles. The van der Waals surface area contributed by atoms with Crippen LogP contribution in [-0.4, -0.2) is 79.2 Å². The minimum Gasteiger partial charge on any atom is -0.453 e. The molecule has 0 bridgehead atoms. The maximum Gasteiger partial charge on any atom is 0.409 e. The number of carbonyl (C=O) groups is 2. The van der Waals surface area contributed by atoms with Crippen molar-refractivity contribution in [1.82, 2.24) is 20.0 Å². The molecule has 3 amide bonds. The maximum atomic E-state index is 12.5. The number of benzene rings is 1. The minimum atomic E-state index is -0.321. The van der Waals surface area contributed by atoms with Crippen molar-refractivity contribution < 1.29 is 14.3 Å². The molecule has 1 aromatic rings. The second-order valence-corrected chi connectivity index (χ2v) is 6.95. The van der Waals surface area contributed by atoms with Crippen LogP contribution in [0.15, 0.2) is 30.3 Å². The van der Waals surface area contributed by atoms with Gasteiger partial charge in [-0.25, -0.2) is 9.59 Å². The first kappa shape index (κ1) is 18.5. The Morgan fingerprint density at radius 3 is 2.50 bits per heavy atom. The van der Waals surface area contributed by atoms with Gasteiger partial charge in [0, 0.05) is 51.9 Å². The quantitative estimate of drug-likeness (QED) is 0.892. The van der Waals surface area contributed by atoms with Gasteiger partial charge in [-0.2, -0.15) is 0 Å². The molecule has 7 heteroatoms. The molecule has 0 spiro atoms. The number of ether oxygens (including phenoxy) is 1. The van der Waals surface area contributed by atoms with Crippen molar-refractivity contribution in [1.29, 1.82) is 0 Å². The molecule has 1 atom stereocenters. The van der Waals surface area contributed by atoms with Crippen molar-refractivity contribution in [2.24, 2.45) is 0 Å². The number of carbonyl (C=O) groups excluding carboxylic acids is 2. The Morgan fingerprint density at radius 1 is 1.08 bits per heavy atom. The van der Waals surface area contributed by atoms with E-state index in [1.54, 1.807) is 4.90 Å². The average molecular weight is 360 g/mol. The minimum absolute atomic E-state index is 0.00213. The highest BCUT2D eigenvalue weighted by Gasteiger charge is 2.27. The number of nitrogens with zero attached hydrogens (tertiary/aromatic N) is 3. The predicted molar refractivity (Wildman–Crippen MR) is 98.8 cm³/mol. The summed E-state index contributed by atoms with van der Waals surface area (Å²) in [4.78, 5) is 30.1. The Morgan fingerprint density at radius 2 is 1.81 bits per heavy atom. The molecule has 2 fully saturated rings. The van der Waals surface area contributed by atoms with Crippen LogP contribution in [-0.2, 0) is 11.3 Å². The van der Waals surface area contributed by atoms with E-state index in [0.29, 0.717) is 13.1 Å². The summed E-state index contributed by atoms with van der Waals surface area (Å²) in [6.07, 6.45) is 1.46. The van der Waals surface area contributed by atoms with E-state index in [2.05, 4.69) is 34.5 Å². The highest BCUT2D eigenvalue weighted by Crippen LogP contribution is 2.13. The van der Waals surface area contributed by atoms with Gasteiger partial charge in [-0.05, 0) is 18.4 Å². The summed E-state index contributed by atoms with van der Waals surface area (Å²) in [5, 5.41) is 3.08. The SMILES string of the molecule is COC(=O)N1CCCC(NC(=O)N2CCN(Cc3ccccc3)CC2)C1. The van der Waals surface area contributed by atoms with Crippen molar-refractivity contribution >= 4 is 12.1 Å². The van der Waals surface area contributed by atoms with Gasteiger partial charge in [-0.15, -0.1) is 0 Å². The molecule has 1 N–H and O–H groups in total. The monoisotopic (exact) mass is 360 g/mol. The molecule has 0 aliphatic carbocycles. The van der Waals surface area contributed by atoms with Crippen LogP contribution in [0.4, 0.5) is 9.59 Å². The number of methoxy groups -OCH3 is 1. The van der Waals surface area contributed by atoms with Crippen molar-refractivity contribution in [2.75, 3.05) is 46.4 Å². The summed E-state index contributed by atoms with van der Waals surface area (Å²) in [5.41, 5.74) is 1.30. The first-order valence-corrected chi connectivity index (χ1v) is 9.30. The van der Waals surface area contributed by atoms with E-state index in [1.165, 1.54) is 12.7 Å². The summed E-state index contributed by atoms with van der Waals surface area (Å²) in [5.74, 6) is 0. The first-order valence-electron chi connectivity index (χ1n) is 9.30. The fourth-order valence-electron chi connectivity index (χ4n) is 3.61. The fraction of sp³-hybridized carbons (Fsp3) is 0.579. The van der Waals surface area contributed by atoms with E-state index in [0.717, 1.165) is 45.6 Å². The molecule has 1 unspecified atom stereocenters. The number of amides is 3. The lowest BCUT2D eigenvalue weighted by Crippen LogP contribution is -2.56. The zero-order valence-electron chi connectivity index (χ0n) is 15.4. The third-order valence-corrected chi connectivity index (χ3v) is 5.09. The molecule has 0 aromatic heterocycles. The molecule has 0 radical (unpaired) electrons. The molecule has 2 aliphatic heterocycles. The number of hydrogen-bond donors (Lipinski definition) is 1. The lowest BCUT2D eigenvalue weighted by Gasteiger charge is -2.37. The summed E-state index contributed by atoms with van der Waals surface area (Å²) in [6.45, 7) is 5.34. The van der Waals surface area contributed by atoms with Crippen LogP contribution < -0.4 is 5.32 Å². The molecule has 26 heavy (non-hydrogen) atoms. The smallest absolute Gasteiger partial charge is 0.409 e. The Bertz CT molecular complexity index is 602. The van der Waals surface area contributed by atoms with Gasteiger partial charge >= 0.3 is 12.1 Å². The number of piperazine rings is 1. The summed E-state index contributed by atoms with van der Waals surface area (Å²) in [7, 11) is 1.39.